The fourth-order valence-electron chi connectivity index (χ4n) is 8.86. The van der Waals surface area contributed by atoms with Crippen LogP contribution in [0.25, 0.3) is 10.8 Å². The molecule has 0 unspecified atom stereocenters. The number of Topliss-reactive ketones (excluding diaryl/α,β-unsaturated/α-hetero) is 1. The first kappa shape index (κ1) is 28.8. The monoisotopic (exact) mass is 612 g/mol. The van der Waals surface area contributed by atoms with Gasteiger partial charge in [-0.15, -0.1) is 0 Å². The van der Waals surface area contributed by atoms with Crippen LogP contribution in [0, 0.1) is 17.8 Å². The number of carbonyl (C=O) groups is 4. The van der Waals surface area contributed by atoms with Crippen molar-refractivity contribution in [2.45, 2.75) is 51.1 Å². The molecule has 0 bridgehead atoms. The highest BCUT2D eigenvalue weighted by molar-refractivity contribution is 6.24. The number of piperidine rings is 1. The molecule has 3 aliphatic carbocycles. The van der Waals surface area contributed by atoms with Gasteiger partial charge >= 0.3 is 0 Å². The van der Waals surface area contributed by atoms with Crippen molar-refractivity contribution in [1.82, 2.24) is 9.80 Å². The molecule has 2 heterocycles. The third kappa shape index (κ3) is 4.43. The summed E-state index contributed by atoms with van der Waals surface area (Å²) in [5.41, 5.74) is 4.33. The molecule has 0 saturated carbocycles. The summed E-state index contributed by atoms with van der Waals surface area (Å²) >= 11 is 0. The first-order chi connectivity index (χ1) is 22.3. The van der Waals surface area contributed by atoms with Gasteiger partial charge in [0.25, 0.3) is 0 Å². The second-order valence-corrected chi connectivity index (χ2v) is 13.5. The maximum absolute atomic E-state index is 14.4. The molecule has 232 valence electrons. The minimum Gasteiger partial charge on any atom is -0.507 e. The number of allylic oxidation sites excluding steroid dienone is 6. The van der Waals surface area contributed by atoms with Crippen LogP contribution >= 0.6 is 0 Å². The number of hydrogen-bond acceptors (Lipinski definition) is 6. The second-order valence-electron chi connectivity index (χ2n) is 13.5. The normalized spacial score (nSPS) is 27.0. The number of fused-ring (bicyclic) bond motifs is 4. The highest BCUT2D eigenvalue weighted by Crippen LogP contribution is 2.56. The highest BCUT2D eigenvalue weighted by Gasteiger charge is 2.57. The molecule has 8 rings (SSSR count). The topological polar surface area (TPSA) is 95.0 Å². The Hall–Kier alpha value is -4.62. The van der Waals surface area contributed by atoms with Crippen molar-refractivity contribution in [3.63, 3.8) is 0 Å². The number of nitrogens with zero attached hydrogens (tertiary/aromatic N) is 2. The van der Waals surface area contributed by atoms with Crippen molar-refractivity contribution >= 4 is 34.2 Å². The lowest BCUT2D eigenvalue weighted by molar-refractivity contribution is -0.144. The quantitative estimate of drug-likeness (QED) is 0.233. The Kier molecular flexibility index (Phi) is 6.91. The summed E-state index contributed by atoms with van der Waals surface area (Å²) in [6, 6.07) is 21.2. The molecule has 46 heavy (non-hydrogen) atoms. The molecule has 2 saturated heterocycles. The summed E-state index contributed by atoms with van der Waals surface area (Å²) in [4.78, 5) is 59.7. The number of phenolic OH excluding ortho intramolecular Hbond substituents is 1. The molecular weight excluding hydrogens is 576 g/mol. The van der Waals surface area contributed by atoms with E-state index in [1.54, 1.807) is 17.9 Å². The van der Waals surface area contributed by atoms with E-state index >= 15 is 0 Å². The van der Waals surface area contributed by atoms with Gasteiger partial charge in [0.05, 0.1) is 11.8 Å². The standard InChI is InChI=1S/C39H36N2O5/c1-22-19-33(43)36-31(37(22)44)20-30-28(34(36)27-13-14-32(42)26-10-6-5-9-25(26)27)11-12-29-35(30)39(46)41(38(29)45)24-15-17-40(18-16-24)21-23-7-3-2-4-8-23/h2-11,13-14,19,24,29-30,34-35,42H,12,15-18,20-21H2,1H3/t29-,30+,34-,35-/m0/s1. The van der Waals surface area contributed by atoms with Gasteiger partial charge in [-0.3, -0.25) is 29.0 Å². The molecule has 4 atom stereocenters. The van der Waals surface area contributed by atoms with Gasteiger partial charge in [-0.1, -0.05) is 72.3 Å². The number of benzene rings is 3. The van der Waals surface area contributed by atoms with Crippen molar-refractivity contribution in [3.8, 4) is 5.75 Å². The summed E-state index contributed by atoms with van der Waals surface area (Å²) in [5.74, 6) is -2.37. The molecule has 7 heteroatoms. The number of likely N-dealkylation sites (tertiary alicyclic amines) is 2. The van der Waals surface area contributed by atoms with E-state index in [1.807, 2.05) is 48.5 Å². The van der Waals surface area contributed by atoms with Crippen LogP contribution in [0.1, 0.15) is 49.7 Å². The van der Waals surface area contributed by atoms with E-state index in [0.29, 0.717) is 28.5 Å². The number of imide groups is 1. The Morgan fingerprint density at radius 3 is 2.30 bits per heavy atom. The number of rotatable bonds is 4. The molecule has 2 fully saturated rings. The van der Waals surface area contributed by atoms with E-state index in [9.17, 15) is 24.3 Å². The average Bonchev–Trinajstić information content (AvgIpc) is 3.33. The number of amides is 2. The molecule has 0 aromatic heterocycles. The summed E-state index contributed by atoms with van der Waals surface area (Å²) in [6.07, 6.45) is 5.68. The zero-order chi connectivity index (χ0) is 31.7. The fraction of sp³-hybridized carbons (Fsp3) is 0.333. The Morgan fingerprint density at radius 1 is 0.826 bits per heavy atom. The molecule has 5 aliphatic rings. The number of hydrogen-bond donors (Lipinski definition) is 1. The summed E-state index contributed by atoms with van der Waals surface area (Å²) in [7, 11) is 0. The molecule has 7 nitrogen and oxygen atoms in total. The highest BCUT2D eigenvalue weighted by atomic mass is 16.3. The van der Waals surface area contributed by atoms with Crippen LogP contribution in [0.3, 0.4) is 0 Å². The van der Waals surface area contributed by atoms with Gasteiger partial charge in [0.15, 0.2) is 11.6 Å². The van der Waals surface area contributed by atoms with Crippen molar-refractivity contribution in [2.24, 2.45) is 17.8 Å². The Balaban J connectivity index is 1.14. The van der Waals surface area contributed by atoms with Gasteiger partial charge in [-0.25, -0.2) is 0 Å². The predicted octanol–water partition coefficient (Wildman–Crippen LogP) is 5.64. The zero-order valence-electron chi connectivity index (χ0n) is 25.8. The lowest BCUT2D eigenvalue weighted by Crippen LogP contribution is -2.47. The van der Waals surface area contributed by atoms with Gasteiger partial charge in [0.2, 0.25) is 11.8 Å². The average molecular weight is 613 g/mol. The molecule has 0 radical (unpaired) electrons. The van der Waals surface area contributed by atoms with Crippen LogP contribution in [0.15, 0.2) is 101 Å². The van der Waals surface area contributed by atoms with Crippen LogP contribution in [-0.4, -0.2) is 57.4 Å². The number of phenols is 1. The molecular formula is C39H36N2O5. The maximum Gasteiger partial charge on any atom is 0.233 e. The fourth-order valence-corrected chi connectivity index (χ4v) is 8.86. The second kappa shape index (κ2) is 11.0. The zero-order valence-corrected chi connectivity index (χ0v) is 25.8. The van der Waals surface area contributed by atoms with Crippen molar-refractivity contribution in [1.29, 1.82) is 0 Å². The lowest BCUT2D eigenvalue weighted by atomic mass is 9.59. The van der Waals surface area contributed by atoms with Gasteiger partial charge in [0, 0.05) is 53.7 Å². The van der Waals surface area contributed by atoms with Crippen molar-refractivity contribution < 1.29 is 24.3 Å². The predicted molar refractivity (Wildman–Crippen MR) is 174 cm³/mol. The largest absolute Gasteiger partial charge is 0.507 e. The number of ketones is 2. The first-order valence-electron chi connectivity index (χ1n) is 16.4. The van der Waals surface area contributed by atoms with E-state index in [0.717, 1.165) is 49.0 Å². The van der Waals surface area contributed by atoms with Gasteiger partial charge in [-0.2, -0.15) is 0 Å². The first-order valence-corrected chi connectivity index (χ1v) is 16.4. The summed E-state index contributed by atoms with van der Waals surface area (Å²) in [5, 5.41) is 12.1. The van der Waals surface area contributed by atoms with Crippen LogP contribution < -0.4 is 0 Å². The van der Waals surface area contributed by atoms with Crippen LogP contribution in [-0.2, 0) is 25.7 Å². The minimum atomic E-state index is -0.566. The molecule has 3 aromatic carbocycles. The van der Waals surface area contributed by atoms with Gasteiger partial charge < -0.3 is 5.11 Å². The molecule has 3 aromatic rings. The van der Waals surface area contributed by atoms with Crippen LogP contribution in [0.2, 0.25) is 0 Å². The molecule has 2 amide bonds. The SMILES string of the molecule is CC1=CC(=O)C2=C(C[C@@H]3C(=CC[C@@H]4C(=O)N(C5CCN(Cc6ccccc6)CC5)C(=O)[C@@H]43)[C@@H]2c2ccc(O)c3ccccc23)C1=O. The minimum absolute atomic E-state index is 0.0969. The van der Waals surface area contributed by atoms with Crippen molar-refractivity contribution in [3.05, 3.63) is 112 Å². The van der Waals surface area contributed by atoms with E-state index in [4.69, 9.17) is 0 Å². The van der Waals surface area contributed by atoms with E-state index in [1.165, 1.54) is 11.6 Å². The van der Waals surface area contributed by atoms with Gasteiger partial charge in [0.1, 0.15) is 5.75 Å². The smallest absolute Gasteiger partial charge is 0.233 e. The number of aromatic hydroxyl groups is 1. The summed E-state index contributed by atoms with van der Waals surface area (Å²) < 4.78 is 0. The Bertz CT molecular complexity index is 1910. The Labute approximate surface area is 267 Å². The molecule has 2 aliphatic heterocycles. The maximum atomic E-state index is 14.4. The molecule has 0 spiro atoms. The van der Waals surface area contributed by atoms with Gasteiger partial charge in [-0.05, 0) is 67.2 Å². The molecule has 1 N–H and O–H groups in total. The summed E-state index contributed by atoms with van der Waals surface area (Å²) in [6.45, 7) is 4.14. The van der Waals surface area contributed by atoms with Crippen LogP contribution in [0.5, 0.6) is 5.75 Å². The van der Waals surface area contributed by atoms with E-state index in [-0.39, 0.29) is 47.5 Å². The van der Waals surface area contributed by atoms with Crippen molar-refractivity contribution in [2.75, 3.05) is 13.1 Å². The number of carbonyl (C=O) groups excluding carboxylic acids is 4. The van der Waals surface area contributed by atoms with E-state index < -0.39 is 17.8 Å². The third-order valence-corrected chi connectivity index (χ3v) is 11.0. The van der Waals surface area contributed by atoms with E-state index in [2.05, 4.69) is 23.1 Å². The Morgan fingerprint density at radius 2 is 1.54 bits per heavy atom. The van der Waals surface area contributed by atoms with Crippen LogP contribution in [0.4, 0.5) is 0 Å². The lowest BCUT2D eigenvalue weighted by Gasteiger charge is -2.42. The third-order valence-electron chi connectivity index (χ3n) is 11.0.